The number of hydrogen-bond acceptors (Lipinski definition) is 6. The van der Waals surface area contributed by atoms with E-state index in [0.717, 1.165) is 0 Å². The number of Topliss-reactive ketones (excluding diaryl/α,β-unsaturated/α-hetero) is 1. The number of hydrogen-bond donors (Lipinski definition) is 4. The summed E-state index contributed by atoms with van der Waals surface area (Å²) in [5.41, 5.74) is 0. The van der Waals surface area contributed by atoms with Crippen LogP contribution in [0.4, 0.5) is 0 Å². The van der Waals surface area contributed by atoms with Crippen molar-refractivity contribution in [1.29, 1.82) is 0 Å². The maximum Gasteiger partial charge on any atom is 0.375 e. The average molecular weight is 165 g/mol. The number of aliphatic hydroxyl groups excluding tert-OH is 2. The van der Waals surface area contributed by atoms with Crippen LogP contribution in [0, 0.1) is 0 Å². The number of carbonyl (C=O) groups is 2. The minimum Gasteiger partial charge on any atom is -0.475 e. The summed E-state index contributed by atoms with van der Waals surface area (Å²) in [5.74, 6) is 0.908. The fourth-order valence-corrected chi connectivity index (χ4v) is 0.330. The smallest absolute Gasteiger partial charge is 0.375 e. The van der Waals surface area contributed by atoms with Crippen LogP contribution < -0.4 is 5.90 Å². The van der Waals surface area contributed by atoms with Crippen LogP contribution in [0.2, 0.25) is 0 Å². The quantitative estimate of drug-likeness (QED) is 0.201. The van der Waals surface area contributed by atoms with E-state index >= 15 is 0 Å². The lowest BCUT2D eigenvalue weighted by molar-refractivity contribution is -0.181. The van der Waals surface area contributed by atoms with E-state index in [4.69, 9.17) is 15.3 Å². The molecule has 0 rings (SSSR count). The number of carboxylic acids is 1. The molecule has 11 heavy (non-hydrogen) atoms. The Morgan fingerprint density at radius 1 is 1.36 bits per heavy atom. The third kappa shape index (κ3) is 2.60. The number of nitrogens with two attached hydrogens (primary N) is 1. The Bertz CT molecular complexity index is 168. The van der Waals surface area contributed by atoms with Crippen molar-refractivity contribution in [2.45, 2.75) is 12.4 Å². The molecule has 0 spiro atoms. The van der Waals surface area contributed by atoms with Crippen LogP contribution >= 0.6 is 0 Å². The normalized spacial score (nSPS) is 15.5. The molecule has 0 aromatic heterocycles. The number of aliphatic carboxylic acids is 1. The molecule has 64 valence electrons. The molecular formula is C4H7NO6. The van der Waals surface area contributed by atoms with Crippen molar-refractivity contribution in [3.05, 3.63) is 0 Å². The molecule has 0 amide bonds. The van der Waals surface area contributed by atoms with E-state index in [9.17, 15) is 9.59 Å². The molecule has 0 aliphatic rings. The molecule has 7 heteroatoms. The molecule has 0 radical (unpaired) electrons. The number of carbonyl (C=O) groups excluding carboxylic acids is 1. The first kappa shape index (κ1) is 9.98. The van der Waals surface area contributed by atoms with Crippen LogP contribution in [-0.2, 0) is 14.4 Å². The van der Waals surface area contributed by atoms with Gasteiger partial charge in [0.05, 0.1) is 0 Å². The van der Waals surface area contributed by atoms with Gasteiger partial charge in [-0.3, -0.25) is 9.63 Å². The lowest BCUT2D eigenvalue weighted by atomic mass is 10.2. The van der Waals surface area contributed by atoms with Gasteiger partial charge in [-0.2, -0.15) is 0 Å². The predicted molar refractivity (Wildman–Crippen MR) is 29.9 cm³/mol. The Morgan fingerprint density at radius 3 is 2.09 bits per heavy atom. The van der Waals surface area contributed by atoms with E-state index in [1.165, 1.54) is 0 Å². The minimum absolute atomic E-state index is 1.58. The summed E-state index contributed by atoms with van der Waals surface area (Å²) in [6.07, 6.45) is -4.17. The fourth-order valence-electron chi connectivity index (χ4n) is 0.330. The molecule has 1 unspecified atom stereocenters. The maximum atomic E-state index is 10.3. The Hall–Kier alpha value is -1.02. The van der Waals surface area contributed by atoms with E-state index in [2.05, 4.69) is 10.7 Å². The molecule has 0 saturated heterocycles. The van der Waals surface area contributed by atoms with Crippen molar-refractivity contribution in [2.75, 3.05) is 0 Å². The maximum absolute atomic E-state index is 10.3. The second kappa shape index (κ2) is 3.98. The monoisotopic (exact) mass is 165 g/mol. The number of ketones is 1. The molecule has 0 aromatic carbocycles. The van der Waals surface area contributed by atoms with Gasteiger partial charge in [-0.05, 0) is 0 Å². The lowest BCUT2D eigenvalue weighted by Gasteiger charge is -2.10. The molecule has 0 aliphatic carbocycles. The molecule has 0 bridgehead atoms. The molecule has 0 aliphatic heterocycles. The summed E-state index contributed by atoms with van der Waals surface area (Å²) in [6.45, 7) is 0. The standard InChI is InChI=1S/C4H7NO6/c5-11-4(10)2(7)1(6)3(8)9/h2,4,7,10H,5H2,(H,8,9)/t2-,4?/m0/s1. The van der Waals surface area contributed by atoms with E-state index in [-0.39, 0.29) is 0 Å². The average Bonchev–Trinajstić information content (AvgIpc) is 2.00. The SMILES string of the molecule is NOC(O)[C@@H](O)C(=O)C(=O)O. The summed E-state index contributed by atoms with van der Waals surface area (Å²) < 4.78 is 0. The van der Waals surface area contributed by atoms with Crippen LogP contribution in [0.25, 0.3) is 0 Å². The van der Waals surface area contributed by atoms with Crippen LogP contribution in [0.1, 0.15) is 0 Å². The molecule has 2 atom stereocenters. The van der Waals surface area contributed by atoms with Gasteiger partial charge >= 0.3 is 5.97 Å². The molecule has 0 aromatic rings. The molecule has 5 N–H and O–H groups in total. The zero-order valence-electron chi connectivity index (χ0n) is 5.30. The summed E-state index contributed by atoms with van der Waals surface area (Å²) in [5, 5.41) is 25.0. The van der Waals surface area contributed by atoms with Gasteiger partial charge in [-0.25, -0.2) is 10.7 Å². The molecule has 7 nitrogen and oxygen atoms in total. The molecule has 0 fully saturated rings. The van der Waals surface area contributed by atoms with Crippen molar-refractivity contribution in [3.63, 3.8) is 0 Å². The first-order valence-corrected chi connectivity index (χ1v) is 2.49. The third-order valence-electron chi connectivity index (χ3n) is 0.889. The highest BCUT2D eigenvalue weighted by Crippen LogP contribution is 1.94. The van der Waals surface area contributed by atoms with Crippen LogP contribution in [0.15, 0.2) is 0 Å². The van der Waals surface area contributed by atoms with E-state index in [1.807, 2.05) is 0 Å². The summed E-state index contributed by atoms with van der Waals surface area (Å²) in [7, 11) is 0. The summed E-state index contributed by atoms with van der Waals surface area (Å²) in [4.78, 5) is 23.7. The first-order valence-electron chi connectivity index (χ1n) is 2.49. The highest BCUT2D eigenvalue weighted by molar-refractivity contribution is 6.34. The predicted octanol–water partition coefficient (Wildman–Crippen LogP) is -2.79. The first-order chi connectivity index (χ1) is 5.00. The van der Waals surface area contributed by atoms with Crippen LogP contribution in [-0.4, -0.2) is 39.5 Å². The second-order valence-corrected chi connectivity index (χ2v) is 1.64. The van der Waals surface area contributed by atoms with Crippen molar-refractivity contribution < 1.29 is 29.7 Å². The van der Waals surface area contributed by atoms with Gasteiger partial charge in [0.25, 0.3) is 5.78 Å². The minimum atomic E-state index is -2.16. The lowest BCUT2D eigenvalue weighted by Crippen LogP contribution is -2.40. The second-order valence-electron chi connectivity index (χ2n) is 1.64. The zero-order valence-corrected chi connectivity index (χ0v) is 5.30. The van der Waals surface area contributed by atoms with E-state index in [0.29, 0.717) is 0 Å². The Kier molecular flexibility index (Phi) is 3.61. The Labute approximate surface area is 60.9 Å². The summed E-state index contributed by atoms with van der Waals surface area (Å²) in [6, 6.07) is 0. The van der Waals surface area contributed by atoms with E-state index in [1.54, 1.807) is 0 Å². The van der Waals surface area contributed by atoms with Gasteiger partial charge in [0, 0.05) is 0 Å². The van der Waals surface area contributed by atoms with Gasteiger partial charge < -0.3 is 15.3 Å². The van der Waals surface area contributed by atoms with E-state index < -0.39 is 24.1 Å². The van der Waals surface area contributed by atoms with Crippen molar-refractivity contribution >= 4 is 11.8 Å². The van der Waals surface area contributed by atoms with Crippen molar-refractivity contribution in [3.8, 4) is 0 Å². The van der Waals surface area contributed by atoms with Crippen molar-refractivity contribution in [2.24, 2.45) is 5.90 Å². The largest absolute Gasteiger partial charge is 0.475 e. The highest BCUT2D eigenvalue weighted by Gasteiger charge is 2.29. The Balaban J connectivity index is 4.13. The van der Waals surface area contributed by atoms with Crippen LogP contribution in [0.3, 0.4) is 0 Å². The van der Waals surface area contributed by atoms with Gasteiger partial charge in [0.15, 0.2) is 6.10 Å². The molecule has 0 saturated carbocycles. The Morgan fingerprint density at radius 2 is 1.82 bits per heavy atom. The zero-order chi connectivity index (χ0) is 9.02. The number of carboxylic acid groups (broad SMARTS) is 1. The van der Waals surface area contributed by atoms with Gasteiger partial charge in [0.2, 0.25) is 6.29 Å². The molecule has 0 heterocycles. The van der Waals surface area contributed by atoms with Gasteiger partial charge in [0.1, 0.15) is 0 Å². The van der Waals surface area contributed by atoms with Crippen molar-refractivity contribution in [1.82, 2.24) is 0 Å². The third-order valence-corrected chi connectivity index (χ3v) is 0.889. The highest BCUT2D eigenvalue weighted by atomic mass is 16.7. The molecular weight excluding hydrogens is 158 g/mol. The van der Waals surface area contributed by atoms with Gasteiger partial charge in [-0.15, -0.1) is 0 Å². The van der Waals surface area contributed by atoms with Crippen LogP contribution in [0.5, 0.6) is 0 Å². The summed E-state index contributed by atoms with van der Waals surface area (Å²) >= 11 is 0. The fraction of sp³-hybridized carbons (Fsp3) is 0.500. The number of aliphatic hydroxyl groups is 2. The number of rotatable bonds is 4. The topological polar surface area (TPSA) is 130 Å². The van der Waals surface area contributed by atoms with Gasteiger partial charge in [-0.1, -0.05) is 0 Å².